The minimum Gasteiger partial charge on any atom is -0.462 e. The second-order valence-corrected chi connectivity index (χ2v) is 20.3. The zero-order valence-corrected chi connectivity index (χ0v) is 46.1. The average molecular weight is 968 g/mol. The number of unbranched alkanes of at least 4 members (excludes halogenated alkanes) is 38. The van der Waals surface area contributed by atoms with E-state index in [-0.39, 0.29) is 31.1 Å². The van der Waals surface area contributed by atoms with Crippen LogP contribution in [-0.4, -0.2) is 37.2 Å². The number of esters is 3. The summed E-state index contributed by atoms with van der Waals surface area (Å²) in [5.41, 5.74) is 0. The van der Waals surface area contributed by atoms with Crippen molar-refractivity contribution in [3.05, 3.63) is 48.6 Å². The molecule has 0 aliphatic carbocycles. The van der Waals surface area contributed by atoms with E-state index in [1.165, 1.54) is 199 Å². The summed E-state index contributed by atoms with van der Waals surface area (Å²) in [6.45, 7) is 6.63. The van der Waals surface area contributed by atoms with Crippen LogP contribution in [-0.2, 0) is 28.6 Å². The summed E-state index contributed by atoms with van der Waals surface area (Å²) >= 11 is 0. The van der Waals surface area contributed by atoms with Crippen molar-refractivity contribution in [3.63, 3.8) is 0 Å². The van der Waals surface area contributed by atoms with E-state index in [0.717, 1.165) is 77.0 Å². The molecule has 0 heterocycles. The minimum absolute atomic E-state index is 0.0791. The van der Waals surface area contributed by atoms with E-state index >= 15 is 0 Å². The van der Waals surface area contributed by atoms with Gasteiger partial charge in [0.25, 0.3) is 0 Å². The van der Waals surface area contributed by atoms with Gasteiger partial charge in [0, 0.05) is 19.3 Å². The van der Waals surface area contributed by atoms with Crippen molar-refractivity contribution in [2.45, 2.75) is 322 Å². The topological polar surface area (TPSA) is 78.9 Å². The van der Waals surface area contributed by atoms with Crippen LogP contribution in [0, 0.1) is 0 Å². The van der Waals surface area contributed by atoms with Crippen LogP contribution in [0.15, 0.2) is 48.6 Å². The number of allylic oxidation sites excluding steroid dienone is 8. The third kappa shape index (κ3) is 56.2. The van der Waals surface area contributed by atoms with Gasteiger partial charge in [-0.15, -0.1) is 0 Å². The molecule has 1 atom stereocenters. The Morgan fingerprint density at radius 1 is 0.290 bits per heavy atom. The SMILES string of the molecule is CCCCCC/C=C\CCCCCCCCCC(=O)OCC(COC(=O)CCCCCCC\C=C/C=C\C=C/CCCCCCC)OC(=O)CCCCCCCCCCCCCCCCCCCC. The Kier molecular flexibility index (Phi) is 55.7. The Morgan fingerprint density at radius 2 is 0.536 bits per heavy atom. The number of hydrogen-bond acceptors (Lipinski definition) is 6. The van der Waals surface area contributed by atoms with Gasteiger partial charge in [-0.3, -0.25) is 14.4 Å². The summed E-state index contributed by atoms with van der Waals surface area (Å²) in [6, 6.07) is 0. The lowest BCUT2D eigenvalue weighted by Gasteiger charge is -2.18. The van der Waals surface area contributed by atoms with Gasteiger partial charge >= 0.3 is 17.9 Å². The molecule has 0 aliphatic rings. The van der Waals surface area contributed by atoms with Gasteiger partial charge in [-0.2, -0.15) is 0 Å². The monoisotopic (exact) mass is 967 g/mol. The highest BCUT2D eigenvalue weighted by molar-refractivity contribution is 5.71. The first-order valence-electron chi connectivity index (χ1n) is 30.2. The minimum atomic E-state index is -0.781. The number of rotatable bonds is 55. The van der Waals surface area contributed by atoms with Crippen molar-refractivity contribution in [2.75, 3.05) is 13.2 Å². The molecule has 6 heteroatoms. The van der Waals surface area contributed by atoms with E-state index < -0.39 is 6.10 Å². The van der Waals surface area contributed by atoms with Gasteiger partial charge in [0.05, 0.1) is 0 Å². The zero-order valence-electron chi connectivity index (χ0n) is 46.1. The first-order valence-corrected chi connectivity index (χ1v) is 30.2. The predicted molar refractivity (Wildman–Crippen MR) is 298 cm³/mol. The van der Waals surface area contributed by atoms with Crippen molar-refractivity contribution in [1.29, 1.82) is 0 Å². The van der Waals surface area contributed by atoms with Crippen LogP contribution in [0.4, 0.5) is 0 Å². The second kappa shape index (κ2) is 57.9. The molecule has 6 nitrogen and oxygen atoms in total. The molecule has 69 heavy (non-hydrogen) atoms. The van der Waals surface area contributed by atoms with Crippen LogP contribution >= 0.6 is 0 Å². The predicted octanol–water partition coefficient (Wildman–Crippen LogP) is 20.2. The highest BCUT2D eigenvalue weighted by atomic mass is 16.6. The molecule has 0 bridgehead atoms. The molecule has 0 aromatic carbocycles. The zero-order chi connectivity index (χ0) is 50.0. The summed E-state index contributed by atoms with van der Waals surface area (Å²) < 4.78 is 16.9. The van der Waals surface area contributed by atoms with Crippen LogP contribution in [0.3, 0.4) is 0 Å². The van der Waals surface area contributed by atoms with Gasteiger partial charge in [0.15, 0.2) is 6.10 Å². The molecule has 0 saturated carbocycles. The highest BCUT2D eigenvalue weighted by Gasteiger charge is 2.19. The lowest BCUT2D eigenvalue weighted by molar-refractivity contribution is -0.167. The largest absolute Gasteiger partial charge is 0.462 e. The van der Waals surface area contributed by atoms with Crippen LogP contribution in [0.5, 0.6) is 0 Å². The maximum Gasteiger partial charge on any atom is 0.306 e. The Balaban J connectivity index is 4.39. The molecule has 0 aliphatic heterocycles. The molecule has 0 amide bonds. The second-order valence-electron chi connectivity index (χ2n) is 20.3. The molecule has 0 N–H and O–H groups in total. The smallest absolute Gasteiger partial charge is 0.306 e. The summed E-state index contributed by atoms with van der Waals surface area (Å²) in [6.07, 6.45) is 71.0. The number of carbonyl (C=O) groups is 3. The van der Waals surface area contributed by atoms with Crippen LogP contribution < -0.4 is 0 Å². The fraction of sp³-hybridized carbons (Fsp3) is 0.825. The highest BCUT2D eigenvalue weighted by Crippen LogP contribution is 2.17. The molecule has 1 unspecified atom stereocenters. The fourth-order valence-corrected chi connectivity index (χ4v) is 8.79. The van der Waals surface area contributed by atoms with E-state index in [9.17, 15) is 14.4 Å². The Bertz CT molecular complexity index is 1200. The van der Waals surface area contributed by atoms with Gasteiger partial charge in [0.2, 0.25) is 0 Å². The van der Waals surface area contributed by atoms with Crippen molar-refractivity contribution in [1.82, 2.24) is 0 Å². The van der Waals surface area contributed by atoms with Crippen LogP contribution in [0.25, 0.3) is 0 Å². The molecule has 0 spiro atoms. The maximum absolute atomic E-state index is 12.9. The van der Waals surface area contributed by atoms with Crippen LogP contribution in [0.1, 0.15) is 316 Å². The molecule has 0 fully saturated rings. The van der Waals surface area contributed by atoms with Gasteiger partial charge in [-0.1, -0.05) is 275 Å². The summed E-state index contributed by atoms with van der Waals surface area (Å²) in [4.78, 5) is 38.2. The van der Waals surface area contributed by atoms with Gasteiger partial charge in [-0.05, 0) is 70.6 Å². The van der Waals surface area contributed by atoms with Crippen LogP contribution in [0.2, 0.25) is 0 Å². The van der Waals surface area contributed by atoms with E-state index in [1.807, 2.05) is 0 Å². The quantitative estimate of drug-likeness (QED) is 0.0199. The first kappa shape index (κ1) is 66.4. The lowest BCUT2D eigenvalue weighted by atomic mass is 10.0. The summed E-state index contributed by atoms with van der Waals surface area (Å²) in [5.74, 6) is -0.885. The van der Waals surface area contributed by atoms with Gasteiger partial charge < -0.3 is 14.2 Å². The normalized spacial score (nSPS) is 12.3. The Labute approximate surface area is 428 Å². The summed E-state index contributed by atoms with van der Waals surface area (Å²) in [5, 5.41) is 0. The fourth-order valence-electron chi connectivity index (χ4n) is 8.79. The summed E-state index contributed by atoms with van der Waals surface area (Å²) in [7, 11) is 0. The third-order valence-corrected chi connectivity index (χ3v) is 13.4. The average Bonchev–Trinajstić information content (AvgIpc) is 3.35. The maximum atomic E-state index is 12.9. The molecule has 0 radical (unpaired) electrons. The first-order chi connectivity index (χ1) is 34.0. The van der Waals surface area contributed by atoms with E-state index in [0.29, 0.717) is 19.3 Å². The number of ether oxygens (including phenoxy) is 3. The Morgan fingerprint density at radius 3 is 0.855 bits per heavy atom. The number of hydrogen-bond donors (Lipinski definition) is 0. The molecule has 402 valence electrons. The molecular weight excluding hydrogens is 853 g/mol. The van der Waals surface area contributed by atoms with E-state index in [4.69, 9.17) is 14.2 Å². The van der Waals surface area contributed by atoms with Crippen molar-refractivity contribution >= 4 is 17.9 Å². The molecular formula is C63H114O6. The molecule has 0 rings (SSSR count). The van der Waals surface area contributed by atoms with Crippen molar-refractivity contribution < 1.29 is 28.6 Å². The molecule has 0 aromatic rings. The molecule has 0 aromatic heterocycles. The lowest BCUT2D eigenvalue weighted by Crippen LogP contribution is -2.30. The van der Waals surface area contributed by atoms with Crippen molar-refractivity contribution in [2.24, 2.45) is 0 Å². The van der Waals surface area contributed by atoms with Gasteiger partial charge in [-0.25, -0.2) is 0 Å². The van der Waals surface area contributed by atoms with E-state index in [2.05, 4.69) is 69.4 Å². The van der Waals surface area contributed by atoms with Gasteiger partial charge in [0.1, 0.15) is 13.2 Å². The molecule has 0 saturated heterocycles. The van der Waals surface area contributed by atoms with E-state index in [1.54, 1.807) is 0 Å². The Hall–Kier alpha value is -2.63. The van der Waals surface area contributed by atoms with Crippen molar-refractivity contribution in [3.8, 4) is 0 Å². The third-order valence-electron chi connectivity index (χ3n) is 13.4. The standard InChI is InChI=1S/C63H114O6/c1-4-7-10-13-16-19-22-25-28-30-32-35-38-41-44-47-50-53-56-62(65)68-59-60(58-67-61(64)55-52-49-46-43-40-37-34-27-24-21-18-15-12-9-6-3)69-63(66)57-54-51-48-45-42-39-36-33-31-29-26-23-20-17-14-11-8-5-2/h21-22,24-25,28,30,32,35,60H,4-20,23,26-27,29,31,33-34,36-59H2,1-3H3/b24-21-,25-22-,30-28-,35-32-. The number of carbonyl (C=O) groups excluding carboxylic acids is 3.